The lowest BCUT2D eigenvalue weighted by Crippen LogP contribution is -2.41. The lowest BCUT2D eigenvalue weighted by Gasteiger charge is -2.28. The van der Waals surface area contributed by atoms with E-state index in [0.29, 0.717) is 19.5 Å². The van der Waals surface area contributed by atoms with Gasteiger partial charge in [-0.15, -0.1) is 24.8 Å². The number of nitrogens with one attached hydrogen (secondary N) is 1. The normalized spacial score (nSPS) is 35.4. The molecular weight excluding hydrogens is 233 g/mol. The summed E-state index contributed by atoms with van der Waals surface area (Å²) in [5, 5.41) is 3.02. The number of halogens is 4. The molecule has 1 atom stereocenters. The molecule has 0 saturated carbocycles. The zero-order valence-corrected chi connectivity index (χ0v) is 9.69. The molecule has 14 heavy (non-hydrogen) atoms. The molecular formula is C8H16Cl2F2N2. The van der Waals surface area contributed by atoms with Gasteiger partial charge in [0.25, 0.3) is 5.92 Å². The fourth-order valence-electron chi connectivity index (χ4n) is 2.39. The summed E-state index contributed by atoms with van der Waals surface area (Å²) in [6, 6.07) is 0. The highest BCUT2D eigenvalue weighted by Gasteiger charge is 2.59. The third-order valence-corrected chi connectivity index (χ3v) is 3.06. The number of hydrogen-bond acceptors (Lipinski definition) is 2. The van der Waals surface area contributed by atoms with Crippen molar-refractivity contribution in [1.82, 2.24) is 10.2 Å². The second kappa shape index (κ2) is 4.47. The monoisotopic (exact) mass is 248 g/mol. The van der Waals surface area contributed by atoms with Crippen LogP contribution in [0.4, 0.5) is 8.78 Å². The van der Waals surface area contributed by atoms with Crippen LogP contribution in [0.2, 0.25) is 0 Å². The van der Waals surface area contributed by atoms with Gasteiger partial charge in [-0.25, -0.2) is 8.78 Å². The van der Waals surface area contributed by atoms with Gasteiger partial charge in [0, 0.05) is 13.1 Å². The van der Waals surface area contributed by atoms with E-state index in [4.69, 9.17) is 0 Å². The largest absolute Gasteiger partial charge is 0.316 e. The van der Waals surface area contributed by atoms with Gasteiger partial charge in [0.1, 0.15) is 0 Å². The fourth-order valence-corrected chi connectivity index (χ4v) is 2.39. The maximum atomic E-state index is 13.5. The van der Waals surface area contributed by atoms with Gasteiger partial charge in [0.2, 0.25) is 0 Å². The van der Waals surface area contributed by atoms with Crippen molar-refractivity contribution in [2.45, 2.75) is 12.3 Å². The van der Waals surface area contributed by atoms with Crippen molar-refractivity contribution in [2.75, 3.05) is 33.2 Å². The van der Waals surface area contributed by atoms with Crippen molar-refractivity contribution < 1.29 is 8.78 Å². The molecule has 1 N–H and O–H groups in total. The second-order valence-corrected chi connectivity index (χ2v) is 4.08. The maximum Gasteiger partial charge on any atom is 0.268 e. The number of nitrogens with zero attached hydrogens (tertiary/aromatic N) is 1. The van der Waals surface area contributed by atoms with Crippen molar-refractivity contribution in [2.24, 2.45) is 5.41 Å². The Kier molecular flexibility index (Phi) is 4.59. The van der Waals surface area contributed by atoms with Crippen molar-refractivity contribution in [3.05, 3.63) is 0 Å². The average Bonchev–Trinajstić information content (AvgIpc) is 2.42. The Morgan fingerprint density at radius 1 is 1.21 bits per heavy atom. The van der Waals surface area contributed by atoms with Crippen LogP contribution in [0, 0.1) is 5.41 Å². The molecule has 6 heteroatoms. The van der Waals surface area contributed by atoms with Gasteiger partial charge >= 0.3 is 0 Å². The van der Waals surface area contributed by atoms with Gasteiger partial charge in [-0.3, -0.25) is 4.90 Å². The van der Waals surface area contributed by atoms with E-state index < -0.39 is 11.3 Å². The lowest BCUT2D eigenvalue weighted by atomic mass is 9.83. The molecule has 0 amide bonds. The van der Waals surface area contributed by atoms with Gasteiger partial charge in [-0.2, -0.15) is 0 Å². The second-order valence-electron chi connectivity index (χ2n) is 4.08. The van der Waals surface area contributed by atoms with Gasteiger partial charge < -0.3 is 5.32 Å². The van der Waals surface area contributed by atoms with Crippen molar-refractivity contribution in [3.63, 3.8) is 0 Å². The van der Waals surface area contributed by atoms with E-state index in [1.807, 2.05) is 0 Å². The van der Waals surface area contributed by atoms with Crippen LogP contribution in [0.5, 0.6) is 0 Å². The summed E-state index contributed by atoms with van der Waals surface area (Å²) in [5.74, 6) is -2.49. The highest BCUT2D eigenvalue weighted by molar-refractivity contribution is 5.85. The molecule has 2 fully saturated rings. The molecule has 86 valence electrons. The van der Waals surface area contributed by atoms with Gasteiger partial charge in [-0.05, 0) is 20.0 Å². The Bertz CT molecular complexity index is 196. The number of likely N-dealkylation sites (tertiary alicyclic amines) is 1. The Balaban J connectivity index is 0.000000845. The van der Waals surface area contributed by atoms with Gasteiger partial charge in [-0.1, -0.05) is 0 Å². The summed E-state index contributed by atoms with van der Waals surface area (Å²) in [6.07, 6.45) is 0.615. The van der Waals surface area contributed by atoms with Crippen LogP contribution in [0.15, 0.2) is 0 Å². The van der Waals surface area contributed by atoms with Crippen LogP contribution in [0.1, 0.15) is 6.42 Å². The van der Waals surface area contributed by atoms with E-state index in [2.05, 4.69) is 5.32 Å². The minimum Gasteiger partial charge on any atom is -0.316 e. The van der Waals surface area contributed by atoms with Crippen LogP contribution in [0.3, 0.4) is 0 Å². The van der Waals surface area contributed by atoms with E-state index in [0.717, 1.165) is 6.54 Å². The molecule has 2 saturated heterocycles. The van der Waals surface area contributed by atoms with Gasteiger partial charge in [0.15, 0.2) is 0 Å². The Labute approximate surface area is 95.2 Å². The summed E-state index contributed by atoms with van der Waals surface area (Å²) >= 11 is 0. The van der Waals surface area contributed by atoms with Crippen LogP contribution >= 0.6 is 24.8 Å². The average molecular weight is 249 g/mol. The zero-order valence-electron chi connectivity index (χ0n) is 8.06. The minimum atomic E-state index is -2.49. The van der Waals surface area contributed by atoms with Crippen molar-refractivity contribution in [1.29, 1.82) is 0 Å². The molecule has 0 bridgehead atoms. The van der Waals surface area contributed by atoms with Crippen LogP contribution in [0.25, 0.3) is 0 Å². The van der Waals surface area contributed by atoms with Crippen LogP contribution in [-0.4, -0.2) is 44.0 Å². The van der Waals surface area contributed by atoms with Gasteiger partial charge in [0.05, 0.1) is 12.0 Å². The summed E-state index contributed by atoms with van der Waals surface area (Å²) in [7, 11) is 1.76. The first kappa shape index (κ1) is 14.4. The molecule has 0 aromatic carbocycles. The third kappa shape index (κ3) is 1.98. The van der Waals surface area contributed by atoms with E-state index in [9.17, 15) is 8.78 Å². The summed E-state index contributed by atoms with van der Waals surface area (Å²) < 4.78 is 26.9. The predicted molar refractivity (Wildman–Crippen MR) is 56.9 cm³/mol. The van der Waals surface area contributed by atoms with Crippen molar-refractivity contribution in [3.8, 4) is 0 Å². The first-order valence-electron chi connectivity index (χ1n) is 4.33. The Hall–Kier alpha value is 0.360. The Morgan fingerprint density at radius 3 is 2.21 bits per heavy atom. The van der Waals surface area contributed by atoms with E-state index in [1.54, 1.807) is 11.9 Å². The molecule has 2 aliphatic heterocycles. The lowest BCUT2D eigenvalue weighted by molar-refractivity contribution is -0.0743. The minimum absolute atomic E-state index is 0. The molecule has 0 aromatic rings. The standard InChI is InChI=1S/C8H14F2N2.2ClH/c1-12-5-7(2-3-11-4-7)8(9,10)6-12;;/h11H,2-6H2,1H3;2*1H. The summed E-state index contributed by atoms with van der Waals surface area (Å²) in [6.45, 7) is 1.68. The molecule has 0 radical (unpaired) electrons. The molecule has 0 aromatic heterocycles. The van der Waals surface area contributed by atoms with Crippen LogP contribution < -0.4 is 5.32 Å². The van der Waals surface area contributed by atoms with E-state index in [-0.39, 0.29) is 31.4 Å². The topological polar surface area (TPSA) is 15.3 Å². The van der Waals surface area contributed by atoms with Crippen molar-refractivity contribution >= 4 is 24.8 Å². The molecule has 0 aliphatic carbocycles. The predicted octanol–water partition coefficient (Wildman–Crippen LogP) is 1.39. The van der Waals surface area contributed by atoms with E-state index in [1.165, 1.54) is 0 Å². The van der Waals surface area contributed by atoms with Crippen LogP contribution in [-0.2, 0) is 0 Å². The SMILES string of the molecule is CN1CC(F)(F)C2(CCNC2)C1.Cl.Cl. The first-order valence-corrected chi connectivity index (χ1v) is 4.33. The number of alkyl halides is 2. The number of hydrogen-bond donors (Lipinski definition) is 1. The summed E-state index contributed by atoms with van der Waals surface area (Å²) in [4.78, 5) is 1.73. The quantitative estimate of drug-likeness (QED) is 0.698. The molecule has 1 spiro atoms. The first-order chi connectivity index (χ1) is 5.56. The molecule has 2 rings (SSSR count). The van der Waals surface area contributed by atoms with E-state index >= 15 is 0 Å². The molecule has 2 nitrogen and oxygen atoms in total. The smallest absolute Gasteiger partial charge is 0.268 e. The number of rotatable bonds is 0. The maximum absolute atomic E-state index is 13.5. The summed E-state index contributed by atoms with van der Waals surface area (Å²) in [5.41, 5.74) is -0.762. The highest BCUT2D eigenvalue weighted by Crippen LogP contribution is 2.46. The Morgan fingerprint density at radius 2 is 1.86 bits per heavy atom. The fraction of sp³-hybridized carbons (Fsp3) is 1.00. The third-order valence-electron chi connectivity index (χ3n) is 3.06. The molecule has 2 heterocycles. The molecule has 1 unspecified atom stereocenters. The highest BCUT2D eigenvalue weighted by atomic mass is 35.5. The zero-order chi connectivity index (χ0) is 8.82. The molecule has 2 aliphatic rings.